The van der Waals surface area contributed by atoms with E-state index >= 15 is 0 Å². The van der Waals surface area contributed by atoms with Crippen molar-refractivity contribution in [1.29, 1.82) is 0 Å². The molecule has 0 aromatic heterocycles. The maximum atomic E-state index is 10.1. The van der Waals surface area contributed by atoms with Gasteiger partial charge >= 0.3 is 7.12 Å². The molecule has 5 nitrogen and oxygen atoms in total. The van der Waals surface area contributed by atoms with Gasteiger partial charge in [-0.05, 0) is 52.6 Å². The van der Waals surface area contributed by atoms with Crippen LogP contribution in [-0.4, -0.2) is 43.2 Å². The summed E-state index contributed by atoms with van der Waals surface area (Å²) in [7, 11) is 1.32. The molecule has 0 bridgehead atoms. The van der Waals surface area contributed by atoms with Gasteiger partial charge in [-0.1, -0.05) is 6.07 Å². The fourth-order valence-electron chi connectivity index (χ4n) is 2.38. The highest BCUT2D eigenvalue weighted by atomic mass is 16.7. The van der Waals surface area contributed by atoms with Gasteiger partial charge in [0, 0.05) is 6.07 Å². The van der Waals surface area contributed by atoms with Crippen LogP contribution in [0.15, 0.2) is 24.3 Å². The van der Waals surface area contributed by atoms with E-state index in [-0.39, 0.29) is 24.9 Å². The van der Waals surface area contributed by atoms with Gasteiger partial charge in [0.25, 0.3) is 0 Å². The van der Waals surface area contributed by atoms with Crippen molar-refractivity contribution >= 4 is 7.12 Å². The third kappa shape index (κ3) is 4.62. The molecule has 2 rings (SSSR count). The van der Waals surface area contributed by atoms with Crippen LogP contribution < -0.4 is 9.47 Å². The molecule has 1 aromatic carbocycles. The van der Waals surface area contributed by atoms with Crippen molar-refractivity contribution in [1.82, 2.24) is 0 Å². The van der Waals surface area contributed by atoms with Crippen LogP contribution >= 0.6 is 0 Å². The zero-order valence-corrected chi connectivity index (χ0v) is 14.7. The Labute approximate surface area is 139 Å². The minimum absolute atomic E-state index is 0.229. The molecular formula is C17H27BO5. The highest BCUT2D eigenvalue weighted by molar-refractivity contribution is 6.45. The predicted octanol–water partition coefficient (Wildman–Crippen LogP) is 2.92. The molecule has 1 heterocycles. The number of hydrogen-bond donors (Lipinski definition) is 1. The van der Waals surface area contributed by atoms with Crippen molar-refractivity contribution in [3.8, 4) is 11.5 Å². The second-order valence-corrected chi connectivity index (χ2v) is 6.91. The Kier molecular flexibility index (Phi) is 5.60. The average Bonchev–Trinajstić information content (AvgIpc) is 2.71. The van der Waals surface area contributed by atoms with Gasteiger partial charge in [-0.2, -0.15) is 0 Å². The lowest BCUT2D eigenvalue weighted by Crippen LogP contribution is -2.41. The Morgan fingerprint density at radius 3 is 2.35 bits per heavy atom. The fraction of sp³-hybridized carbons (Fsp3) is 0.647. The second kappa shape index (κ2) is 7.12. The monoisotopic (exact) mass is 322 g/mol. The van der Waals surface area contributed by atoms with Gasteiger partial charge in [-0.15, -0.1) is 0 Å². The molecule has 1 aliphatic heterocycles. The second-order valence-electron chi connectivity index (χ2n) is 6.91. The van der Waals surface area contributed by atoms with E-state index in [0.717, 1.165) is 5.75 Å². The molecule has 0 radical (unpaired) electrons. The Bertz CT molecular complexity index is 501. The molecular weight excluding hydrogens is 295 g/mol. The zero-order valence-electron chi connectivity index (χ0n) is 14.7. The number of benzene rings is 1. The summed E-state index contributed by atoms with van der Waals surface area (Å²) in [6.45, 7) is 8.32. The predicted molar refractivity (Wildman–Crippen MR) is 90.0 cm³/mol. The Hall–Kier alpha value is -1.24. The smallest absolute Gasteiger partial charge is 0.457 e. The fourth-order valence-corrected chi connectivity index (χ4v) is 2.38. The number of rotatable bonds is 7. The van der Waals surface area contributed by atoms with Crippen LogP contribution in [0.2, 0.25) is 6.32 Å². The van der Waals surface area contributed by atoms with Crippen molar-refractivity contribution in [2.24, 2.45) is 0 Å². The maximum Gasteiger partial charge on any atom is 0.457 e. The van der Waals surface area contributed by atoms with Crippen LogP contribution in [0.5, 0.6) is 11.5 Å². The van der Waals surface area contributed by atoms with Crippen molar-refractivity contribution in [3.63, 3.8) is 0 Å². The highest BCUT2D eigenvalue weighted by Gasteiger charge is 2.50. The van der Waals surface area contributed by atoms with Crippen LogP contribution in [0.4, 0.5) is 0 Å². The largest absolute Gasteiger partial charge is 0.497 e. The molecule has 1 aliphatic rings. The van der Waals surface area contributed by atoms with Crippen LogP contribution in [0, 0.1) is 0 Å². The van der Waals surface area contributed by atoms with Crippen LogP contribution in [0.3, 0.4) is 0 Å². The molecule has 0 amide bonds. The molecule has 1 atom stereocenters. The molecule has 1 fully saturated rings. The number of aliphatic hydroxyl groups excluding tert-OH is 1. The minimum Gasteiger partial charge on any atom is -0.497 e. The van der Waals surface area contributed by atoms with Crippen molar-refractivity contribution in [3.05, 3.63) is 24.3 Å². The van der Waals surface area contributed by atoms with E-state index in [2.05, 4.69) is 0 Å². The van der Waals surface area contributed by atoms with Crippen molar-refractivity contribution in [2.75, 3.05) is 13.7 Å². The molecule has 6 heteroatoms. The molecule has 0 spiro atoms. The first-order valence-corrected chi connectivity index (χ1v) is 8.04. The molecule has 1 N–H and O–H groups in total. The van der Waals surface area contributed by atoms with Crippen LogP contribution in [0.25, 0.3) is 0 Å². The third-order valence-corrected chi connectivity index (χ3v) is 4.52. The lowest BCUT2D eigenvalue weighted by Gasteiger charge is -2.32. The summed E-state index contributed by atoms with van der Waals surface area (Å²) in [5, 5.41) is 10.1. The summed E-state index contributed by atoms with van der Waals surface area (Å²) < 4.78 is 22.6. The summed E-state index contributed by atoms with van der Waals surface area (Å²) in [5.74, 6) is 1.41. The SMILES string of the molecule is COc1cccc(OCC(O)CCB2OC(C)(C)C(C)(C)O2)c1. The molecule has 1 saturated heterocycles. The van der Waals surface area contributed by atoms with Gasteiger partial charge in [0.1, 0.15) is 18.1 Å². The van der Waals surface area contributed by atoms with E-state index in [4.69, 9.17) is 18.8 Å². The van der Waals surface area contributed by atoms with Gasteiger partial charge < -0.3 is 23.9 Å². The van der Waals surface area contributed by atoms with Gasteiger partial charge in [-0.3, -0.25) is 0 Å². The Balaban J connectivity index is 1.74. The maximum absolute atomic E-state index is 10.1. The van der Waals surface area contributed by atoms with E-state index < -0.39 is 6.10 Å². The Morgan fingerprint density at radius 2 is 1.74 bits per heavy atom. The normalized spacial score (nSPS) is 20.3. The van der Waals surface area contributed by atoms with Crippen molar-refractivity contribution in [2.45, 2.75) is 57.7 Å². The van der Waals surface area contributed by atoms with Crippen LogP contribution in [0.1, 0.15) is 34.1 Å². The number of methoxy groups -OCH3 is 1. The van der Waals surface area contributed by atoms with Gasteiger partial charge in [0.15, 0.2) is 0 Å². The van der Waals surface area contributed by atoms with E-state index in [0.29, 0.717) is 18.5 Å². The van der Waals surface area contributed by atoms with E-state index in [1.807, 2.05) is 45.9 Å². The van der Waals surface area contributed by atoms with Gasteiger partial charge in [-0.25, -0.2) is 0 Å². The minimum atomic E-state index is -0.569. The summed E-state index contributed by atoms with van der Waals surface area (Å²) in [4.78, 5) is 0. The van der Waals surface area contributed by atoms with Gasteiger partial charge in [0.05, 0.1) is 24.4 Å². The van der Waals surface area contributed by atoms with Crippen LogP contribution in [-0.2, 0) is 9.31 Å². The molecule has 1 unspecified atom stereocenters. The zero-order chi connectivity index (χ0) is 17.1. The number of aliphatic hydroxyl groups is 1. The summed E-state index contributed by atoms with van der Waals surface area (Å²) >= 11 is 0. The first kappa shape index (κ1) is 18.1. The summed E-state index contributed by atoms with van der Waals surface area (Å²) in [5.41, 5.74) is -0.667. The Morgan fingerprint density at radius 1 is 1.13 bits per heavy atom. The number of ether oxygens (including phenoxy) is 2. The number of hydrogen-bond acceptors (Lipinski definition) is 5. The first-order valence-electron chi connectivity index (χ1n) is 8.04. The topological polar surface area (TPSA) is 57.2 Å². The van der Waals surface area contributed by atoms with Gasteiger partial charge in [0.2, 0.25) is 0 Å². The van der Waals surface area contributed by atoms with E-state index in [1.165, 1.54) is 0 Å². The summed E-state index contributed by atoms with van der Waals surface area (Å²) in [6, 6.07) is 7.33. The third-order valence-electron chi connectivity index (χ3n) is 4.52. The lowest BCUT2D eigenvalue weighted by atomic mass is 9.82. The van der Waals surface area contributed by atoms with E-state index in [9.17, 15) is 5.11 Å². The molecule has 1 aromatic rings. The molecule has 0 aliphatic carbocycles. The van der Waals surface area contributed by atoms with Crippen molar-refractivity contribution < 1.29 is 23.9 Å². The molecule has 0 saturated carbocycles. The first-order chi connectivity index (χ1) is 10.7. The molecule has 128 valence electrons. The summed E-state index contributed by atoms with van der Waals surface area (Å²) in [6.07, 6.45) is 0.622. The standard InChI is InChI=1S/C17H27BO5/c1-16(2)17(3,4)23-18(22-16)10-9-13(19)12-21-15-8-6-7-14(11-15)20-5/h6-8,11,13,19H,9-10,12H2,1-5H3. The quantitative estimate of drug-likeness (QED) is 0.782. The lowest BCUT2D eigenvalue weighted by molar-refractivity contribution is 0.00578. The van der Waals surface area contributed by atoms with E-state index in [1.54, 1.807) is 13.2 Å². The molecule has 23 heavy (non-hydrogen) atoms. The highest BCUT2D eigenvalue weighted by Crippen LogP contribution is 2.38. The average molecular weight is 322 g/mol.